The lowest BCUT2D eigenvalue weighted by molar-refractivity contribution is 0.0900. The Kier molecular flexibility index (Phi) is 6.77. The monoisotopic (exact) mass is 516 g/mol. The zero-order valence-electron chi connectivity index (χ0n) is 18.9. The second-order valence-electron chi connectivity index (χ2n) is 8.35. The third-order valence-electron chi connectivity index (χ3n) is 5.93. The molecule has 0 unspecified atom stereocenters. The van der Waals surface area contributed by atoms with Gasteiger partial charge in [-0.15, -0.1) is 0 Å². The van der Waals surface area contributed by atoms with Crippen LogP contribution in [0.1, 0.15) is 18.4 Å². The van der Waals surface area contributed by atoms with Gasteiger partial charge < -0.3 is 10.5 Å². The first-order valence-corrected chi connectivity index (χ1v) is 12.7. The number of anilines is 1. The fourth-order valence-electron chi connectivity index (χ4n) is 4.28. The van der Waals surface area contributed by atoms with Crippen molar-refractivity contribution in [3.8, 4) is 11.4 Å². The molecule has 182 valence electrons. The van der Waals surface area contributed by atoms with E-state index >= 15 is 8.78 Å². The average Bonchev–Trinajstić information content (AvgIpc) is 3.20. The number of halogens is 3. The Hall–Kier alpha value is -2.95. The number of nitrogens with zero attached hydrogens (tertiary/aromatic N) is 5. The van der Waals surface area contributed by atoms with E-state index in [2.05, 4.69) is 19.9 Å². The number of piperidine rings is 1. The highest BCUT2D eigenvalue weighted by Gasteiger charge is 2.25. The molecule has 5 rings (SSSR count). The maximum Gasteiger partial charge on any atom is 0.191 e. The van der Waals surface area contributed by atoms with E-state index in [0.717, 1.165) is 25.2 Å². The van der Waals surface area contributed by atoms with E-state index in [1.807, 2.05) is 18.4 Å². The van der Waals surface area contributed by atoms with Gasteiger partial charge in [-0.25, -0.2) is 23.7 Å². The Morgan fingerprint density at radius 3 is 2.57 bits per heavy atom. The Balaban J connectivity index is 1.31. The number of nitrogens with two attached hydrogens (primary N) is 1. The van der Waals surface area contributed by atoms with E-state index in [-0.39, 0.29) is 17.5 Å². The molecule has 0 atom stereocenters. The van der Waals surface area contributed by atoms with Crippen LogP contribution < -0.4 is 10.5 Å². The smallest absolute Gasteiger partial charge is 0.191 e. The number of rotatable bonds is 6. The molecule has 1 aliphatic heterocycles. The number of likely N-dealkylation sites (tertiary alicyclic amines) is 1. The molecule has 7 nitrogen and oxygen atoms in total. The van der Waals surface area contributed by atoms with Crippen LogP contribution in [0.2, 0.25) is 5.02 Å². The highest BCUT2D eigenvalue weighted by Crippen LogP contribution is 2.32. The minimum atomic E-state index is -0.766. The number of thioether (sulfide) groups is 1. The quantitative estimate of drug-likeness (QED) is 0.357. The standard InChI is InChI=1S/C24H23ClF2N6OS/c1-35-24-31-20-9-15(25)12-30-23(20)33(24)16-10-18(26)22(19(27)11-16)34-17-3-6-32(7-4-17)13-14-2-5-29-21(28)8-14/h2,5,8-12,17H,3-4,6-7,13H2,1H3,(H2,28,29). The van der Waals surface area contributed by atoms with Gasteiger partial charge in [-0.05, 0) is 42.9 Å². The molecule has 0 spiro atoms. The lowest BCUT2D eigenvalue weighted by Crippen LogP contribution is -2.38. The first-order valence-electron chi connectivity index (χ1n) is 11.1. The molecular weight excluding hydrogens is 494 g/mol. The lowest BCUT2D eigenvalue weighted by atomic mass is 10.1. The molecule has 0 aliphatic carbocycles. The van der Waals surface area contributed by atoms with Crippen LogP contribution in [0.4, 0.5) is 14.6 Å². The molecule has 0 amide bonds. The van der Waals surface area contributed by atoms with Crippen LogP contribution in [0.25, 0.3) is 16.9 Å². The number of hydrogen-bond donors (Lipinski definition) is 1. The predicted molar refractivity (Wildman–Crippen MR) is 133 cm³/mol. The molecule has 0 saturated carbocycles. The molecule has 35 heavy (non-hydrogen) atoms. The number of hydrogen-bond acceptors (Lipinski definition) is 7. The summed E-state index contributed by atoms with van der Waals surface area (Å²) in [4.78, 5) is 15.1. The van der Waals surface area contributed by atoms with Crippen molar-refractivity contribution in [2.45, 2.75) is 30.6 Å². The summed E-state index contributed by atoms with van der Waals surface area (Å²) in [6, 6.07) is 7.95. The second-order valence-corrected chi connectivity index (χ2v) is 9.56. The fraction of sp³-hybridized carbons (Fsp3) is 0.292. The van der Waals surface area contributed by atoms with Crippen molar-refractivity contribution in [2.24, 2.45) is 0 Å². The van der Waals surface area contributed by atoms with E-state index in [1.165, 1.54) is 30.1 Å². The number of imidazole rings is 1. The van der Waals surface area contributed by atoms with Gasteiger partial charge in [0.2, 0.25) is 0 Å². The molecule has 4 aromatic rings. The van der Waals surface area contributed by atoms with Crippen LogP contribution in [0, 0.1) is 11.6 Å². The third kappa shape index (κ3) is 5.05. The fourth-order valence-corrected chi connectivity index (χ4v) is 5.00. The molecule has 1 aromatic carbocycles. The van der Waals surface area contributed by atoms with Crippen molar-refractivity contribution in [2.75, 3.05) is 25.1 Å². The van der Waals surface area contributed by atoms with Crippen molar-refractivity contribution in [3.63, 3.8) is 0 Å². The minimum Gasteiger partial charge on any atom is -0.484 e. The van der Waals surface area contributed by atoms with Gasteiger partial charge in [0, 0.05) is 44.2 Å². The zero-order chi connectivity index (χ0) is 24.5. The summed E-state index contributed by atoms with van der Waals surface area (Å²) in [6.07, 6.45) is 6.05. The number of benzene rings is 1. The molecule has 3 aromatic heterocycles. The van der Waals surface area contributed by atoms with Crippen LogP contribution in [-0.2, 0) is 6.54 Å². The number of fused-ring (bicyclic) bond motifs is 1. The first kappa shape index (κ1) is 23.8. The minimum absolute atomic E-state index is 0.275. The van der Waals surface area contributed by atoms with Crippen LogP contribution >= 0.6 is 23.4 Å². The molecule has 1 saturated heterocycles. The number of pyridine rings is 2. The molecule has 1 aliphatic rings. The summed E-state index contributed by atoms with van der Waals surface area (Å²) in [5.41, 5.74) is 8.13. The zero-order valence-corrected chi connectivity index (χ0v) is 20.5. The van der Waals surface area contributed by atoms with Gasteiger partial charge in [0.1, 0.15) is 17.4 Å². The molecule has 11 heteroatoms. The van der Waals surface area contributed by atoms with Crippen LogP contribution in [0.15, 0.2) is 47.9 Å². The Labute approximate surface area is 210 Å². The van der Waals surface area contributed by atoms with Crippen molar-refractivity contribution in [1.82, 2.24) is 24.4 Å². The second kappa shape index (κ2) is 9.96. The van der Waals surface area contributed by atoms with Crippen molar-refractivity contribution < 1.29 is 13.5 Å². The van der Waals surface area contributed by atoms with Crippen LogP contribution in [-0.4, -0.2) is 49.9 Å². The summed E-state index contributed by atoms with van der Waals surface area (Å²) in [5, 5.41) is 0.984. The first-order chi connectivity index (χ1) is 16.9. The largest absolute Gasteiger partial charge is 0.484 e. The van der Waals surface area contributed by atoms with Gasteiger partial charge in [0.05, 0.1) is 10.7 Å². The molecule has 1 fully saturated rings. The third-order valence-corrected chi connectivity index (χ3v) is 6.77. The summed E-state index contributed by atoms with van der Waals surface area (Å²) in [6.45, 7) is 2.24. The SMILES string of the molecule is CSc1nc2cc(Cl)cnc2n1-c1cc(F)c(OC2CCN(Cc3ccnc(N)c3)CC2)c(F)c1. The Morgan fingerprint density at radius 1 is 1.14 bits per heavy atom. The van der Waals surface area contributed by atoms with Gasteiger partial charge in [0.15, 0.2) is 28.2 Å². The van der Waals surface area contributed by atoms with E-state index < -0.39 is 11.6 Å². The Bertz CT molecular complexity index is 1350. The summed E-state index contributed by atoms with van der Waals surface area (Å²) in [7, 11) is 0. The van der Waals surface area contributed by atoms with Gasteiger partial charge in [-0.3, -0.25) is 9.47 Å². The van der Waals surface area contributed by atoms with E-state index in [4.69, 9.17) is 22.1 Å². The highest BCUT2D eigenvalue weighted by molar-refractivity contribution is 7.98. The average molecular weight is 517 g/mol. The molecule has 0 bridgehead atoms. The summed E-state index contributed by atoms with van der Waals surface area (Å²) < 4.78 is 37.6. The normalized spacial score (nSPS) is 15.1. The summed E-state index contributed by atoms with van der Waals surface area (Å²) in [5.74, 6) is -1.40. The molecule has 2 N–H and O–H groups in total. The maximum absolute atomic E-state index is 15.1. The highest BCUT2D eigenvalue weighted by atomic mass is 35.5. The number of aromatic nitrogens is 4. The lowest BCUT2D eigenvalue weighted by Gasteiger charge is -2.32. The maximum atomic E-state index is 15.1. The topological polar surface area (TPSA) is 82.1 Å². The van der Waals surface area contributed by atoms with Gasteiger partial charge >= 0.3 is 0 Å². The molecular formula is C24H23ClF2N6OS. The Morgan fingerprint density at radius 2 is 1.89 bits per heavy atom. The molecule has 4 heterocycles. The molecule has 0 radical (unpaired) electrons. The van der Waals surface area contributed by atoms with Crippen molar-refractivity contribution in [1.29, 1.82) is 0 Å². The predicted octanol–water partition coefficient (Wildman–Crippen LogP) is 5.09. The van der Waals surface area contributed by atoms with Crippen molar-refractivity contribution >= 4 is 40.3 Å². The number of nitrogen functional groups attached to an aromatic ring is 1. The van der Waals surface area contributed by atoms with Gasteiger partial charge in [-0.1, -0.05) is 23.4 Å². The number of ether oxygens (including phenoxy) is 1. The van der Waals surface area contributed by atoms with E-state index in [1.54, 1.807) is 16.8 Å². The van der Waals surface area contributed by atoms with E-state index in [0.29, 0.717) is 40.0 Å². The van der Waals surface area contributed by atoms with Gasteiger partial charge in [-0.2, -0.15) is 0 Å². The van der Waals surface area contributed by atoms with Crippen LogP contribution in [0.3, 0.4) is 0 Å². The van der Waals surface area contributed by atoms with Crippen molar-refractivity contribution in [3.05, 3.63) is 64.9 Å². The summed E-state index contributed by atoms with van der Waals surface area (Å²) >= 11 is 7.37. The van der Waals surface area contributed by atoms with Crippen LogP contribution in [0.5, 0.6) is 5.75 Å². The van der Waals surface area contributed by atoms with E-state index in [9.17, 15) is 0 Å². The van der Waals surface area contributed by atoms with Gasteiger partial charge in [0.25, 0.3) is 0 Å².